The molecule has 0 unspecified atom stereocenters. The Morgan fingerprint density at radius 1 is 1.29 bits per heavy atom. The quantitative estimate of drug-likeness (QED) is 0.676. The Morgan fingerprint density at radius 2 is 2.10 bits per heavy atom. The molecule has 3 aromatic rings. The fourth-order valence-electron chi connectivity index (χ4n) is 1.78. The summed E-state index contributed by atoms with van der Waals surface area (Å²) in [5.41, 5.74) is 2.16. The zero-order chi connectivity index (χ0) is 14.7. The van der Waals surface area contributed by atoms with Gasteiger partial charge in [-0.1, -0.05) is 11.8 Å². The molecule has 0 aliphatic carbocycles. The summed E-state index contributed by atoms with van der Waals surface area (Å²) in [7, 11) is 3.60. The van der Waals surface area contributed by atoms with Gasteiger partial charge in [0.15, 0.2) is 5.16 Å². The monoisotopic (exact) mass is 318 g/mol. The molecule has 7 heteroatoms. The van der Waals surface area contributed by atoms with Crippen LogP contribution in [0.2, 0.25) is 0 Å². The highest BCUT2D eigenvalue weighted by molar-refractivity contribution is 7.98. The molecule has 0 fully saturated rings. The number of benzene rings is 1. The lowest BCUT2D eigenvalue weighted by Gasteiger charge is -2.00. The molecule has 108 valence electrons. The lowest BCUT2D eigenvalue weighted by Crippen LogP contribution is -1.90. The molecule has 0 saturated heterocycles. The van der Waals surface area contributed by atoms with Gasteiger partial charge in [-0.15, -0.1) is 21.5 Å². The Balaban J connectivity index is 1.69. The van der Waals surface area contributed by atoms with E-state index in [0.717, 1.165) is 32.9 Å². The third-order valence-corrected chi connectivity index (χ3v) is 4.92. The highest BCUT2D eigenvalue weighted by Gasteiger charge is 2.07. The third-order valence-electron chi connectivity index (χ3n) is 2.91. The van der Waals surface area contributed by atoms with Gasteiger partial charge < -0.3 is 9.30 Å². The van der Waals surface area contributed by atoms with E-state index in [-0.39, 0.29) is 0 Å². The number of ether oxygens (including phenoxy) is 1. The van der Waals surface area contributed by atoms with E-state index in [1.54, 1.807) is 36.5 Å². The average molecular weight is 318 g/mol. The van der Waals surface area contributed by atoms with Gasteiger partial charge in [0.1, 0.15) is 17.1 Å². The highest BCUT2D eigenvalue weighted by atomic mass is 32.2. The molecule has 3 rings (SSSR count). The maximum atomic E-state index is 5.17. The van der Waals surface area contributed by atoms with Crippen LogP contribution in [-0.2, 0) is 12.8 Å². The summed E-state index contributed by atoms with van der Waals surface area (Å²) in [6.45, 7) is 0. The molecule has 5 nitrogen and oxygen atoms in total. The summed E-state index contributed by atoms with van der Waals surface area (Å²) >= 11 is 3.28. The molecule has 0 aliphatic rings. The van der Waals surface area contributed by atoms with Crippen LogP contribution in [0.25, 0.3) is 10.6 Å². The molecule has 0 amide bonds. The van der Waals surface area contributed by atoms with Gasteiger partial charge >= 0.3 is 0 Å². The van der Waals surface area contributed by atoms with Crippen molar-refractivity contribution in [3.63, 3.8) is 0 Å². The molecule has 1 aromatic carbocycles. The van der Waals surface area contributed by atoms with Crippen LogP contribution in [0.15, 0.2) is 41.1 Å². The topological polar surface area (TPSA) is 52.8 Å². The Hall–Kier alpha value is -1.86. The Morgan fingerprint density at radius 3 is 2.76 bits per heavy atom. The van der Waals surface area contributed by atoms with E-state index in [1.807, 2.05) is 35.9 Å². The van der Waals surface area contributed by atoms with E-state index in [9.17, 15) is 0 Å². The largest absolute Gasteiger partial charge is 0.497 e. The van der Waals surface area contributed by atoms with Crippen LogP contribution in [0.3, 0.4) is 0 Å². The number of hydrogen-bond acceptors (Lipinski definition) is 6. The first-order valence-corrected chi connectivity index (χ1v) is 8.18. The average Bonchev–Trinajstić information content (AvgIpc) is 3.14. The molecular formula is C14H14N4OS2. The number of thiazole rings is 1. The van der Waals surface area contributed by atoms with E-state index in [1.165, 1.54) is 0 Å². The van der Waals surface area contributed by atoms with Crippen molar-refractivity contribution < 1.29 is 4.74 Å². The molecule has 0 spiro atoms. The summed E-state index contributed by atoms with van der Waals surface area (Å²) in [6, 6.07) is 7.95. The number of thioether (sulfide) groups is 1. The number of aromatic nitrogens is 4. The number of hydrogen-bond donors (Lipinski definition) is 0. The fraction of sp³-hybridized carbons (Fsp3) is 0.214. The Bertz CT molecular complexity index is 721. The lowest BCUT2D eigenvalue weighted by molar-refractivity contribution is 0.415. The molecule has 0 aliphatic heterocycles. The fourth-order valence-corrected chi connectivity index (χ4v) is 3.49. The van der Waals surface area contributed by atoms with Crippen LogP contribution in [-0.4, -0.2) is 26.9 Å². The van der Waals surface area contributed by atoms with Crippen molar-refractivity contribution >= 4 is 23.1 Å². The first-order valence-electron chi connectivity index (χ1n) is 6.32. The molecule has 0 bridgehead atoms. The molecule has 2 heterocycles. The molecule has 0 N–H and O–H groups in total. The summed E-state index contributed by atoms with van der Waals surface area (Å²) in [5, 5.41) is 11.9. The van der Waals surface area contributed by atoms with Crippen molar-refractivity contribution in [3.05, 3.63) is 41.7 Å². The van der Waals surface area contributed by atoms with Crippen LogP contribution in [0.1, 0.15) is 5.69 Å². The zero-order valence-electron chi connectivity index (χ0n) is 11.7. The SMILES string of the molecule is COc1ccc(-c2nc(CSc3nncn3C)cs2)cc1. The number of rotatable bonds is 5. The molecule has 21 heavy (non-hydrogen) atoms. The summed E-state index contributed by atoms with van der Waals surface area (Å²) in [6.07, 6.45) is 1.70. The van der Waals surface area contributed by atoms with E-state index < -0.39 is 0 Å². The lowest BCUT2D eigenvalue weighted by atomic mass is 10.2. The zero-order valence-corrected chi connectivity index (χ0v) is 13.3. The first-order chi connectivity index (χ1) is 10.3. The molecule has 0 radical (unpaired) electrons. The second kappa shape index (κ2) is 6.28. The first kappa shape index (κ1) is 14.1. The van der Waals surface area contributed by atoms with Gasteiger partial charge in [0.2, 0.25) is 0 Å². The van der Waals surface area contributed by atoms with Gasteiger partial charge in [-0.2, -0.15) is 0 Å². The van der Waals surface area contributed by atoms with Crippen LogP contribution in [0, 0.1) is 0 Å². The highest BCUT2D eigenvalue weighted by Crippen LogP contribution is 2.28. The van der Waals surface area contributed by atoms with Gasteiger partial charge in [-0.05, 0) is 24.3 Å². The summed E-state index contributed by atoms with van der Waals surface area (Å²) in [5.74, 6) is 1.65. The Kier molecular flexibility index (Phi) is 4.21. The van der Waals surface area contributed by atoms with Crippen molar-refractivity contribution in [2.75, 3.05) is 7.11 Å². The summed E-state index contributed by atoms with van der Waals surface area (Å²) in [4.78, 5) is 4.66. The molecule has 0 atom stereocenters. The van der Waals surface area contributed by atoms with Gasteiger partial charge in [0, 0.05) is 23.7 Å². The van der Waals surface area contributed by atoms with Gasteiger partial charge in [0.05, 0.1) is 12.8 Å². The van der Waals surface area contributed by atoms with Crippen molar-refractivity contribution in [2.45, 2.75) is 10.9 Å². The van der Waals surface area contributed by atoms with Gasteiger partial charge in [0.25, 0.3) is 0 Å². The van der Waals surface area contributed by atoms with Crippen LogP contribution < -0.4 is 4.74 Å². The van der Waals surface area contributed by atoms with Crippen molar-refractivity contribution in [1.29, 1.82) is 0 Å². The van der Waals surface area contributed by atoms with Crippen LogP contribution in [0.5, 0.6) is 5.75 Å². The van der Waals surface area contributed by atoms with Crippen molar-refractivity contribution in [3.8, 4) is 16.3 Å². The minimum Gasteiger partial charge on any atom is -0.497 e. The van der Waals surface area contributed by atoms with Crippen molar-refractivity contribution in [2.24, 2.45) is 7.05 Å². The minimum atomic E-state index is 0.791. The van der Waals surface area contributed by atoms with Crippen LogP contribution >= 0.6 is 23.1 Å². The predicted molar refractivity (Wildman–Crippen MR) is 84.7 cm³/mol. The van der Waals surface area contributed by atoms with Crippen molar-refractivity contribution in [1.82, 2.24) is 19.7 Å². The van der Waals surface area contributed by atoms with E-state index in [4.69, 9.17) is 4.74 Å². The standard InChI is InChI=1S/C14H14N4OS2/c1-18-9-15-17-14(18)21-8-11-7-20-13(16-11)10-3-5-12(19-2)6-4-10/h3-7,9H,8H2,1-2H3. The van der Waals surface area contributed by atoms with Gasteiger partial charge in [-0.3, -0.25) is 0 Å². The second-order valence-corrected chi connectivity index (χ2v) is 6.19. The Labute approximate surface area is 131 Å². The number of nitrogens with zero attached hydrogens (tertiary/aromatic N) is 4. The molecule has 0 saturated carbocycles. The molecular weight excluding hydrogens is 304 g/mol. The minimum absolute atomic E-state index is 0.791. The number of methoxy groups -OCH3 is 1. The number of aryl methyl sites for hydroxylation is 1. The van der Waals surface area contributed by atoms with Crippen LogP contribution in [0.4, 0.5) is 0 Å². The summed E-state index contributed by atoms with van der Waals surface area (Å²) < 4.78 is 7.07. The second-order valence-electron chi connectivity index (χ2n) is 4.39. The van der Waals surface area contributed by atoms with E-state index >= 15 is 0 Å². The molecule has 2 aromatic heterocycles. The third kappa shape index (κ3) is 3.25. The van der Waals surface area contributed by atoms with E-state index in [0.29, 0.717) is 0 Å². The maximum Gasteiger partial charge on any atom is 0.191 e. The normalized spacial score (nSPS) is 10.8. The van der Waals surface area contributed by atoms with E-state index in [2.05, 4.69) is 20.6 Å². The maximum absolute atomic E-state index is 5.17. The predicted octanol–water partition coefficient (Wildman–Crippen LogP) is 3.24. The van der Waals surface area contributed by atoms with Gasteiger partial charge in [-0.25, -0.2) is 4.98 Å². The smallest absolute Gasteiger partial charge is 0.191 e.